The first-order valence-electron chi connectivity index (χ1n) is 9.35. The first-order valence-corrected chi connectivity index (χ1v) is 9.35. The summed E-state index contributed by atoms with van der Waals surface area (Å²) in [6.07, 6.45) is 0.993. The van der Waals surface area contributed by atoms with Crippen LogP contribution in [0.4, 0.5) is 0 Å². The van der Waals surface area contributed by atoms with Crippen molar-refractivity contribution < 1.29 is 19.1 Å². The first kappa shape index (κ1) is 19.6. The van der Waals surface area contributed by atoms with Crippen LogP contribution < -0.4 is 5.32 Å². The van der Waals surface area contributed by atoms with Crippen molar-refractivity contribution in [3.8, 4) is 0 Å². The van der Waals surface area contributed by atoms with Gasteiger partial charge in [0.1, 0.15) is 0 Å². The van der Waals surface area contributed by atoms with Crippen LogP contribution in [-0.2, 0) is 16.1 Å². The molecule has 146 valence electrons. The summed E-state index contributed by atoms with van der Waals surface area (Å²) >= 11 is 0. The number of rotatable bonds is 7. The number of ether oxygens (including phenoxy) is 1. The lowest BCUT2D eigenvalue weighted by atomic mass is 10.1. The zero-order valence-corrected chi connectivity index (χ0v) is 16.1. The van der Waals surface area contributed by atoms with Crippen molar-refractivity contribution in [2.24, 2.45) is 0 Å². The first-order chi connectivity index (χ1) is 13.5. The van der Waals surface area contributed by atoms with Crippen LogP contribution >= 0.6 is 0 Å². The summed E-state index contributed by atoms with van der Waals surface area (Å²) < 4.78 is 5.29. The number of benzene rings is 2. The minimum absolute atomic E-state index is 0.151. The van der Waals surface area contributed by atoms with Gasteiger partial charge in [0.2, 0.25) is 0 Å². The standard InChI is InChI=1S/C22H24N2O4/c1-15(20(25)23-17-12-13-17)28-22(27)19-11-7-6-10-18(19)21(26)24(2)14-16-8-4-3-5-9-16/h3-11,15,17H,12-14H2,1-2H3,(H,23,25)/t15-/m0/s1. The van der Waals surface area contributed by atoms with Crippen LogP contribution in [0.5, 0.6) is 0 Å². The second kappa shape index (κ2) is 8.69. The van der Waals surface area contributed by atoms with Crippen molar-refractivity contribution >= 4 is 17.8 Å². The maximum Gasteiger partial charge on any atom is 0.339 e. The highest BCUT2D eigenvalue weighted by atomic mass is 16.5. The molecule has 6 nitrogen and oxygen atoms in total. The lowest BCUT2D eigenvalue weighted by Gasteiger charge is -2.19. The van der Waals surface area contributed by atoms with Crippen LogP contribution in [-0.4, -0.2) is 41.9 Å². The second-order valence-electron chi connectivity index (χ2n) is 7.02. The summed E-state index contributed by atoms with van der Waals surface area (Å²) in [5.41, 5.74) is 1.39. The maximum absolute atomic E-state index is 12.9. The van der Waals surface area contributed by atoms with Gasteiger partial charge in [-0.3, -0.25) is 9.59 Å². The van der Waals surface area contributed by atoms with Crippen molar-refractivity contribution in [1.29, 1.82) is 0 Å². The Balaban J connectivity index is 1.69. The number of hydrogen-bond donors (Lipinski definition) is 1. The van der Waals surface area contributed by atoms with E-state index in [1.807, 2.05) is 30.3 Å². The van der Waals surface area contributed by atoms with E-state index in [4.69, 9.17) is 4.74 Å². The third kappa shape index (κ3) is 4.97. The number of nitrogens with zero attached hydrogens (tertiary/aromatic N) is 1. The molecule has 0 spiro atoms. The fourth-order valence-corrected chi connectivity index (χ4v) is 2.81. The number of hydrogen-bond acceptors (Lipinski definition) is 4. The predicted molar refractivity (Wildman–Crippen MR) is 105 cm³/mol. The molecule has 3 rings (SSSR count). The van der Waals surface area contributed by atoms with E-state index >= 15 is 0 Å². The molecule has 1 aliphatic rings. The Morgan fingerprint density at radius 2 is 1.64 bits per heavy atom. The summed E-state index contributed by atoms with van der Waals surface area (Å²) in [5, 5.41) is 2.80. The second-order valence-corrected chi connectivity index (χ2v) is 7.02. The summed E-state index contributed by atoms with van der Waals surface area (Å²) in [6.45, 7) is 1.95. The molecule has 28 heavy (non-hydrogen) atoms. The fraction of sp³-hybridized carbons (Fsp3) is 0.318. The third-order valence-corrected chi connectivity index (χ3v) is 4.56. The molecule has 1 N–H and O–H groups in total. The average molecular weight is 380 g/mol. The van der Waals surface area contributed by atoms with Gasteiger partial charge >= 0.3 is 5.97 Å². The van der Waals surface area contributed by atoms with Gasteiger partial charge in [-0.05, 0) is 37.5 Å². The number of esters is 1. The zero-order valence-electron chi connectivity index (χ0n) is 16.1. The molecule has 0 radical (unpaired) electrons. The Morgan fingerprint density at radius 3 is 2.29 bits per heavy atom. The summed E-state index contributed by atoms with van der Waals surface area (Å²) in [4.78, 5) is 39.1. The van der Waals surface area contributed by atoms with Crippen molar-refractivity contribution in [3.05, 3.63) is 71.3 Å². The molecule has 1 atom stereocenters. The predicted octanol–water partition coefficient (Wildman–Crippen LogP) is 2.78. The monoisotopic (exact) mass is 380 g/mol. The lowest BCUT2D eigenvalue weighted by molar-refractivity contribution is -0.129. The molecular weight excluding hydrogens is 356 g/mol. The van der Waals surface area contributed by atoms with Gasteiger partial charge in [-0.25, -0.2) is 4.79 Å². The van der Waals surface area contributed by atoms with Crippen molar-refractivity contribution in [2.75, 3.05) is 7.05 Å². The molecule has 6 heteroatoms. The van der Waals surface area contributed by atoms with Gasteiger partial charge in [-0.15, -0.1) is 0 Å². The number of carbonyl (C=O) groups excluding carboxylic acids is 3. The highest BCUT2D eigenvalue weighted by molar-refractivity contribution is 6.05. The highest BCUT2D eigenvalue weighted by Crippen LogP contribution is 2.19. The zero-order chi connectivity index (χ0) is 20.1. The molecular formula is C22H24N2O4. The van der Waals surface area contributed by atoms with Crippen LogP contribution in [0.15, 0.2) is 54.6 Å². The van der Waals surface area contributed by atoms with Crippen LogP contribution in [0.3, 0.4) is 0 Å². The van der Waals surface area contributed by atoms with Gasteiger partial charge in [-0.2, -0.15) is 0 Å². The molecule has 0 saturated heterocycles. The van der Waals surface area contributed by atoms with Crippen molar-refractivity contribution in [2.45, 2.75) is 38.5 Å². The molecule has 0 unspecified atom stereocenters. The smallest absolute Gasteiger partial charge is 0.339 e. The van der Waals surface area contributed by atoms with E-state index in [-0.39, 0.29) is 29.0 Å². The quantitative estimate of drug-likeness (QED) is 0.750. The molecule has 2 aromatic carbocycles. The largest absolute Gasteiger partial charge is 0.449 e. The van der Waals surface area contributed by atoms with E-state index in [0.717, 1.165) is 18.4 Å². The Labute approximate surface area is 164 Å². The molecule has 1 aliphatic carbocycles. The lowest BCUT2D eigenvalue weighted by Crippen LogP contribution is -2.37. The van der Waals surface area contributed by atoms with Crippen molar-refractivity contribution in [3.63, 3.8) is 0 Å². The molecule has 1 saturated carbocycles. The Kier molecular flexibility index (Phi) is 6.09. The van der Waals surface area contributed by atoms with E-state index in [9.17, 15) is 14.4 Å². The minimum Gasteiger partial charge on any atom is -0.449 e. The van der Waals surface area contributed by atoms with Gasteiger partial charge in [0.25, 0.3) is 11.8 Å². The molecule has 0 bridgehead atoms. The van der Waals surface area contributed by atoms with Crippen LogP contribution in [0, 0.1) is 0 Å². The maximum atomic E-state index is 12.9. The normalized spacial score (nSPS) is 14.1. The fourth-order valence-electron chi connectivity index (χ4n) is 2.81. The van der Waals surface area contributed by atoms with E-state index in [0.29, 0.717) is 6.54 Å². The van der Waals surface area contributed by atoms with Crippen LogP contribution in [0.1, 0.15) is 46.0 Å². The number of carbonyl (C=O) groups is 3. The molecule has 0 aromatic heterocycles. The number of nitrogens with one attached hydrogen (secondary N) is 1. The van der Waals surface area contributed by atoms with E-state index in [2.05, 4.69) is 5.32 Å². The topological polar surface area (TPSA) is 75.7 Å². The molecule has 2 amide bonds. The Hall–Kier alpha value is -3.15. The van der Waals surface area contributed by atoms with Crippen molar-refractivity contribution in [1.82, 2.24) is 10.2 Å². The average Bonchev–Trinajstić information content (AvgIpc) is 3.52. The van der Waals surface area contributed by atoms with Gasteiger partial charge in [-0.1, -0.05) is 42.5 Å². The van der Waals surface area contributed by atoms with Gasteiger partial charge in [0, 0.05) is 19.6 Å². The third-order valence-electron chi connectivity index (χ3n) is 4.56. The van der Waals surface area contributed by atoms with E-state index in [1.54, 1.807) is 30.1 Å². The van der Waals surface area contributed by atoms with Gasteiger partial charge in [0.15, 0.2) is 6.10 Å². The van der Waals surface area contributed by atoms with Crippen LogP contribution in [0.25, 0.3) is 0 Å². The number of amides is 2. The van der Waals surface area contributed by atoms with E-state index < -0.39 is 12.1 Å². The van der Waals surface area contributed by atoms with Crippen LogP contribution in [0.2, 0.25) is 0 Å². The summed E-state index contributed by atoms with van der Waals surface area (Å²) in [6, 6.07) is 16.3. The minimum atomic E-state index is -0.918. The Bertz CT molecular complexity index is 862. The SMILES string of the molecule is C[C@H](OC(=O)c1ccccc1C(=O)N(C)Cc1ccccc1)C(=O)NC1CC1. The van der Waals surface area contributed by atoms with Gasteiger partial charge in [0.05, 0.1) is 11.1 Å². The molecule has 1 fully saturated rings. The Morgan fingerprint density at radius 1 is 1.04 bits per heavy atom. The molecule has 2 aromatic rings. The van der Waals surface area contributed by atoms with E-state index in [1.165, 1.54) is 13.0 Å². The molecule has 0 heterocycles. The van der Waals surface area contributed by atoms with Gasteiger partial charge < -0.3 is 15.0 Å². The summed E-state index contributed by atoms with van der Waals surface area (Å²) in [7, 11) is 1.68. The summed E-state index contributed by atoms with van der Waals surface area (Å²) in [5.74, 6) is -1.29. The highest BCUT2D eigenvalue weighted by Gasteiger charge is 2.28. The molecule has 0 aliphatic heterocycles.